The third-order valence-electron chi connectivity index (χ3n) is 5.27. The molecule has 31 heavy (non-hydrogen) atoms. The molecule has 2 aromatic carbocycles. The largest absolute Gasteiger partial charge is 0.335 e. The summed E-state index contributed by atoms with van der Waals surface area (Å²) in [4.78, 5) is 26.4. The van der Waals surface area contributed by atoms with E-state index in [0.717, 1.165) is 30.2 Å². The van der Waals surface area contributed by atoms with Gasteiger partial charge in [0.25, 0.3) is 11.6 Å². The number of rotatable bonds is 6. The average Bonchev–Trinajstić information content (AvgIpc) is 3.36. The van der Waals surface area contributed by atoms with Gasteiger partial charge in [0, 0.05) is 31.3 Å². The molecule has 1 unspecified atom stereocenters. The highest BCUT2D eigenvalue weighted by Crippen LogP contribution is 2.35. The fraction of sp³-hybridized carbons (Fsp3) is 0.286. The molecule has 0 spiro atoms. The number of nitro benzene ring substituents is 1. The van der Waals surface area contributed by atoms with Crippen molar-refractivity contribution in [1.82, 2.24) is 19.7 Å². The van der Waals surface area contributed by atoms with Gasteiger partial charge in [-0.2, -0.15) is 0 Å². The fourth-order valence-corrected chi connectivity index (χ4v) is 4.61. The smallest absolute Gasteiger partial charge is 0.284 e. The molecule has 10 heteroatoms. The summed E-state index contributed by atoms with van der Waals surface area (Å²) in [5.74, 6) is -0.558. The first-order valence-electron chi connectivity index (χ1n) is 9.78. The Labute approximate surface area is 182 Å². The predicted octanol–water partition coefficient (Wildman–Crippen LogP) is 3.86. The number of benzene rings is 2. The number of aryl methyl sites for hydroxylation is 1. The topological polar surface area (TPSA) is 94.2 Å². The molecular formula is C21H20FN5O3S. The van der Waals surface area contributed by atoms with Crippen LogP contribution in [0, 0.1) is 15.9 Å². The van der Waals surface area contributed by atoms with Gasteiger partial charge < -0.3 is 9.47 Å². The second-order valence-corrected chi connectivity index (χ2v) is 8.40. The molecule has 0 saturated carbocycles. The molecule has 1 fully saturated rings. The molecule has 0 aliphatic carbocycles. The van der Waals surface area contributed by atoms with E-state index in [9.17, 15) is 19.3 Å². The van der Waals surface area contributed by atoms with Crippen LogP contribution in [0.5, 0.6) is 0 Å². The lowest BCUT2D eigenvalue weighted by Gasteiger charge is -2.25. The number of aromatic nitrogens is 3. The minimum atomic E-state index is -0.496. The lowest BCUT2D eigenvalue weighted by Crippen LogP contribution is -2.36. The zero-order valence-corrected chi connectivity index (χ0v) is 17.6. The molecule has 1 atom stereocenters. The maximum absolute atomic E-state index is 13.5. The van der Waals surface area contributed by atoms with Crippen LogP contribution in [-0.4, -0.2) is 43.1 Å². The Morgan fingerprint density at radius 2 is 2.16 bits per heavy atom. The summed E-state index contributed by atoms with van der Waals surface area (Å²) in [6.45, 7) is 0.571. The molecule has 160 valence electrons. The monoisotopic (exact) mass is 441 g/mol. The fourth-order valence-electron chi connectivity index (χ4n) is 3.76. The highest BCUT2D eigenvalue weighted by molar-refractivity contribution is 7.99. The number of likely N-dealkylation sites (tertiary alicyclic amines) is 1. The summed E-state index contributed by atoms with van der Waals surface area (Å²) in [6, 6.07) is 10.8. The van der Waals surface area contributed by atoms with Gasteiger partial charge in [-0.05, 0) is 60.9 Å². The standard InChI is InChI=1S/C21H20FN5O3S/c1-25-13-23-24-21(25)31-19-8-7-15(12-18(19)27(29)30)20(28)26-9-3-6-17(26)11-14-4-2-5-16(22)10-14/h2,4-5,7-8,10,12-13,17H,3,6,9,11H2,1H3. The molecule has 0 N–H and O–H groups in total. The zero-order valence-electron chi connectivity index (χ0n) is 16.8. The van der Waals surface area contributed by atoms with E-state index >= 15 is 0 Å². The first-order valence-corrected chi connectivity index (χ1v) is 10.6. The van der Waals surface area contributed by atoms with Gasteiger partial charge >= 0.3 is 0 Å². The molecule has 4 rings (SSSR count). The lowest BCUT2D eigenvalue weighted by molar-refractivity contribution is -0.387. The second kappa shape index (κ2) is 8.84. The van der Waals surface area contributed by atoms with Crippen LogP contribution in [0.15, 0.2) is 58.8 Å². The van der Waals surface area contributed by atoms with Gasteiger partial charge in [-0.15, -0.1) is 10.2 Å². The van der Waals surface area contributed by atoms with Crippen LogP contribution in [0.25, 0.3) is 0 Å². The van der Waals surface area contributed by atoms with Gasteiger partial charge in [0.2, 0.25) is 0 Å². The van der Waals surface area contributed by atoms with Crippen molar-refractivity contribution in [2.45, 2.75) is 35.4 Å². The van der Waals surface area contributed by atoms with Gasteiger partial charge in [0.1, 0.15) is 12.1 Å². The molecule has 8 nitrogen and oxygen atoms in total. The minimum absolute atomic E-state index is 0.0685. The predicted molar refractivity (Wildman–Crippen MR) is 112 cm³/mol. The van der Waals surface area contributed by atoms with Crippen LogP contribution < -0.4 is 0 Å². The Kier molecular flexibility index (Phi) is 5.99. The highest BCUT2D eigenvalue weighted by atomic mass is 32.2. The van der Waals surface area contributed by atoms with E-state index in [1.807, 2.05) is 6.07 Å². The van der Waals surface area contributed by atoms with E-state index in [0.29, 0.717) is 23.0 Å². The molecule has 3 aromatic rings. The van der Waals surface area contributed by atoms with Crippen molar-refractivity contribution in [3.05, 3.63) is 75.9 Å². The molecule has 2 heterocycles. The number of hydrogen-bond acceptors (Lipinski definition) is 6. The molecule has 1 aliphatic heterocycles. The number of nitro groups is 1. The van der Waals surface area contributed by atoms with Gasteiger partial charge in [-0.25, -0.2) is 4.39 Å². The molecule has 1 aliphatic rings. The Balaban J connectivity index is 1.56. The van der Waals surface area contributed by atoms with E-state index in [-0.39, 0.29) is 29.0 Å². The van der Waals surface area contributed by atoms with E-state index in [4.69, 9.17) is 0 Å². The molecule has 1 amide bonds. The summed E-state index contributed by atoms with van der Waals surface area (Å²) in [5, 5.41) is 19.9. The molecule has 1 saturated heterocycles. The van der Waals surface area contributed by atoms with Gasteiger partial charge in [0.15, 0.2) is 5.16 Å². The van der Waals surface area contributed by atoms with Gasteiger partial charge in [0.05, 0.1) is 9.82 Å². The normalized spacial score (nSPS) is 15.9. The van der Waals surface area contributed by atoms with Crippen molar-refractivity contribution in [2.75, 3.05) is 6.54 Å². The number of hydrogen-bond donors (Lipinski definition) is 0. The second-order valence-electron chi connectivity index (χ2n) is 7.39. The quantitative estimate of drug-likeness (QED) is 0.426. The summed E-state index contributed by atoms with van der Waals surface area (Å²) >= 11 is 1.12. The van der Waals surface area contributed by atoms with Crippen molar-refractivity contribution >= 4 is 23.4 Å². The van der Waals surface area contributed by atoms with Crippen LogP contribution in [-0.2, 0) is 13.5 Å². The maximum Gasteiger partial charge on any atom is 0.284 e. The SMILES string of the molecule is Cn1cnnc1Sc1ccc(C(=O)N2CCCC2Cc2cccc(F)c2)cc1[N+](=O)[O-]. The number of amides is 1. The number of carbonyl (C=O) groups excluding carboxylic acids is 1. The number of halogens is 1. The number of carbonyl (C=O) groups is 1. The van der Waals surface area contributed by atoms with Gasteiger partial charge in [-0.3, -0.25) is 14.9 Å². The van der Waals surface area contributed by atoms with Crippen molar-refractivity contribution in [2.24, 2.45) is 7.05 Å². The lowest BCUT2D eigenvalue weighted by atomic mass is 10.0. The van der Waals surface area contributed by atoms with E-state index in [1.54, 1.807) is 34.7 Å². The van der Waals surface area contributed by atoms with Crippen LogP contribution >= 0.6 is 11.8 Å². The van der Waals surface area contributed by atoms with E-state index in [2.05, 4.69) is 10.2 Å². The Bertz CT molecular complexity index is 1140. The van der Waals surface area contributed by atoms with Crippen molar-refractivity contribution in [3.63, 3.8) is 0 Å². The molecule has 0 radical (unpaired) electrons. The average molecular weight is 441 g/mol. The first kappa shape index (κ1) is 21.0. The third-order valence-corrected chi connectivity index (χ3v) is 6.39. The van der Waals surface area contributed by atoms with Crippen LogP contribution in [0.3, 0.4) is 0 Å². The van der Waals surface area contributed by atoms with Crippen LogP contribution in [0.1, 0.15) is 28.8 Å². The summed E-state index contributed by atoms with van der Waals surface area (Å²) < 4.78 is 15.2. The molecular weight excluding hydrogens is 421 g/mol. The molecule has 1 aromatic heterocycles. The van der Waals surface area contributed by atoms with Crippen LogP contribution in [0.2, 0.25) is 0 Å². The third kappa shape index (κ3) is 4.58. The van der Waals surface area contributed by atoms with Crippen molar-refractivity contribution in [3.8, 4) is 0 Å². The van der Waals surface area contributed by atoms with E-state index < -0.39 is 4.92 Å². The van der Waals surface area contributed by atoms with E-state index in [1.165, 1.54) is 24.5 Å². The molecule has 0 bridgehead atoms. The Morgan fingerprint density at radius 3 is 2.87 bits per heavy atom. The minimum Gasteiger partial charge on any atom is -0.335 e. The highest BCUT2D eigenvalue weighted by Gasteiger charge is 2.31. The van der Waals surface area contributed by atoms with Crippen LogP contribution in [0.4, 0.5) is 10.1 Å². The Morgan fingerprint density at radius 1 is 1.32 bits per heavy atom. The summed E-state index contributed by atoms with van der Waals surface area (Å²) in [6.07, 6.45) is 3.71. The maximum atomic E-state index is 13.5. The number of nitrogens with zero attached hydrogens (tertiary/aromatic N) is 5. The Hall–Kier alpha value is -3.27. The zero-order chi connectivity index (χ0) is 22.0. The summed E-state index contributed by atoms with van der Waals surface area (Å²) in [7, 11) is 1.75. The van der Waals surface area contributed by atoms with Crippen molar-refractivity contribution in [1.29, 1.82) is 0 Å². The van der Waals surface area contributed by atoms with Gasteiger partial charge in [-0.1, -0.05) is 12.1 Å². The first-order chi connectivity index (χ1) is 14.9. The summed E-state index contributed by atoms with van der Waals surface area (Å²) in [5.41, 5.74) is 0.936. The van der Waals surface area contributed by atoms with Crippen molar-refractivity contribution < 1.29 is 14.1 Å².